The molecule has 0 amide bonds. The van der Waals surface area contributed by atoms with Crippen LogP contribution in [0.1, 0.15) is 51.5 Å². The number of carbonyl (C=O) groups excluding carboxylic acids is 1. The Morgan fingerprint density at radius 1 is 1.27 bits per heavy atom. The molecule has 0 radical (unpaired) electrons. The minimum Gasteiger partial charge on any atom is -0.458 e. The summed E-state index contributed by atoms with van der Waals surface area (Å²) in [6, 6.07) is 8.91. The molecular formula is C18H24N2O2. The van der Waals surface area contributed by atoms with Crippen molar-refractivity contribution in [3.05, 3.63) is 35.4 Å². The van der Waals surface area contributed by atoms with Gasteiger partial charge < -0.3 is 10.5 Å². The van der Waals surface area contributed by atoms with Crippen molar-refractivity contribution < 1.29 is 9.53 Å². The highest BCUT2D eigenvalue weighted by molar-refractivity contribution is 5.98. The number of hydrogen-bond acceptors (Lipinski definition) is 4. The van der Waals surface area contributed by atoms with E-state index in [-0.39, 0.29) is 11.7 Å². The van der Waals surface area contributed by atoms with E-state index < -0.39 is 5.97 Å². The van der Waals surface area contributed by atoms with Crippen LogP contribution in [0.3, 0.4) is 0 Å². The topological polar surface area (TPSA) is 76.1 Å². The van der Waals surface area contributed by atoms with Gasteiger partial charge in [0, 0.05) is 5.69 Å². The van der Waals surface area contributed by atoms with Crippen LogP contribution in [0.15, 0.2) is 29.8 Å². The maximum absolute atomic E-state index is 12.2. The average Bonchev–Trinajstić information content (AvgIpc) is 2.52. The molecule has 0 saturated heterocycles. The van der Waals surface area contributed by atoms with Gasteiger partial charge in [0.1, 0.15) is 17.7 Å². The third kappa shape index (κ3) is 6.01. The number of anilines is 1. The Balaban J connectivity index is 2.78. The molecule has 1 atom stereocenters. The zero-order chi connectivity index (χ0) is 16.4. The van der Waals surface area contributed by atoms with E-state index in [1.807, 2.05) is 6.07 Å². The first-order valence-corrected chi connectivity index (χ1v) is 7.79. The van der Waals surface area contributed by atoms with Crippen molar-refractivity contribution in [3.8, 4) is 6.07 Å². The second-order valence-electron chi connectivity index (χ2n) is 5.29. The van der Waals surface area contributed by atoms with Gasteiger partial charge in [0.2, 0.25) is 0 Å². The number of nitrogen functional groups attached to an aromatic ring is 1. The standard InChI is InChI=1S/C18H24N2O2/c1-3-5-7-17(6-4-2)22-18(21)15(13-19)12-14-8-10-16(20)11-9-14/h8-12,17H,3-7,20H2,1-2H3. The van der Waals surface area contributed by atoms with Gasteiger partial charge >= 0.3 is 5.97 Å². The molecule has 0 aromatic heterocycles. The van der Waals surface area contributed by atoms with Crippen molar-refractivity contribution in [2.75, 3.05) is 5.73 Å². The maximum Gasteiger partial charge on any atom is 0.349 e. The van der Waals surface area contributed by atoms with E-state index in [1.165, 1.54) is 6.08 Å². The lowest BCUT2D eigenvalue weighted by Gasteiger charge is -2.16. The van der Waals surface area contributed by atoms with Gasteiger partial charge in [0.05, 0.1) is 0 Å². The smallest absolute Gasteiger partial charge is 0.349 e. The molecule has 1 aromatic rings. The lowest BCUT2D eigenvalue weighted by molar-refractivity contribution is -0.144. The summed E-state index contributed by atoms with van der Waals surface area (Å²) < 4.78 is 5.49. The average molecular weight is 300 g/mol. The zero-order valence-electron chi connectivity index (χ0n) is 13.3. The van der Waals surface area contributed by atoms with E-state index >= 15 is 0 Å². The normalized spacial score (nSPS) is 12.5. The Hall–Kier alpha value is -2.28. The summed E-state index contributed by atoms with van der Waals surface area (Å²) in [5.74, 6) is -0.547. The lowest BCUT2D eigenvalue weighted by Crippen LogP contribution is -2.19. The minimum absolute atomic E-state index is 0.0161. The number of nitrogens with two attached hydrogens (primary N) is 1. The van der Waals surface area contributed by atoms with Crippen molar-refractivity contribution in [1.82, 2.24) is 0 Å². The first kappa shape index (κ1) is 17.8. The Labute approximate surface area is 132 Å². The lowest BCUT2D eigenvalue weighted by atomic mass is 10.1. The van der Waals surface area contributed by atoms with Gasteiger partial charge in [-0.15, -0.1) is 0 Å². The molecule has 0 bridgehead atoms. The van der Waals surface area contributed by atoms with E-state index in [0.717, 1.165) is 37.7 Å². The summed E-state index contributed by atoms with van der Waals surface area (Å²) >= 11 is 0. The fourth-order valence-corrected chi connectivity index (χ4v) is 2.13. The summed E-state index contributed by atoms with van der Waals surface area (Å²) in [4.78, 5) is 12.2. The van der Waals surface area contributed by atoms with E-state index in [4.69, 9.17) is 10.5 Å². The first-order valence-electron chi connectivity index (χ1n) is 7.79. The fourth-order valence-electron chi connectivity index (χ4n) is 2.13. The Kier molecular flexibility index (Phi) is 7.77. The molecule has 0 aliphatic carbocycles. The monoisotopic (exact) mass is 300 g/mol. The fraction of sp³-hybridized carbons (Fsp3) is 0.444. The molecule has 1 aromatic carbocycles. The van der Waals surface area contributed by atoms with Crippen LogP contribution in [-0.4, -0.2) is 12.1 Å². The van der Waals surface area contributed by atoms with Crippen molar-refractivity contribution >= 4 is 17.7 Å². The molecule has 4 nitrogen and oxygen atoms in total. The number of hydrogen-bond donors (Lipinski definition) is 1. The van der Waals surface area contributed by atoms with Crippen molar-refractivity contribution in [2.45, 2.75) is 52.1 Å². The van der Waals surface area contributed by atoms with Gasteiger partial charge in [-0.05, 0) is 36.6 Å². The molecule has 0 spiro atoms. The number of unbranched alkanes of at least 4 members (excludes halogenated alkanes) is 1. The Morgan fingerprint density at radius 2 is 1.95 bits per heavy atom. The summed E-state index contributed by atoms with van der Waals surface area (Å²) in [5, 5.41) is 9.19. The van der Waals surface area contributed by atoms with E-state index in [9.17, 15) is 10.1 Å². The largest absolute Gasteiger partial charge is 0.458 e. The van der Waals surface area contributed by atoms with Crippen LogP contribution < -0.4 is 5.73 Å². The summed E-state index contributed by atoms with van der Waals surface area (Å²) in [6.07, 6.45) is 6.12. The minimum atomic E-state index is -0.547. The van der Waals surface area contributed by atoms with Crippen LogP contribution >= 0.6 is 0 Å². The second-order valence-corrected chi connectivity index (χ2v) is 5.29. The van der Waals surface area contributed by atoms with Crippen LogP contribution in [0, 0.1) is 11.3 Å². The van der Waals surface area contributed by atoms with Crippen molar-refractivity contribution in [2.24, 2.45) is 0 Å². The number of rotatable bonds is 8. The third-order valence-corrected chi connectivity index (χ3v) is 3.35. The molecule has 0 fully saturated rings. The van der Waals surface area contributed by atoms with Gasteiger partial charge in [-0.25, -0.2) is 4.79 Å². The molecule has 0 aliphatic heterocycles. The van der Waals surface area contributed by atoms with Gasteiger partial charge in [-0.1, -0.05) is 45.2 Å². The molecule has 0 saturated carbocycles. The quantitative estimate of drug-likeness (QED) is 0.340. The van der Waals surface area contributed by atoms with Crippen molar-refractivity contribution in [1.29, 1.82) is 5.26 Å². The van der Waals surface area contributed by atoms with Crippen LogP contribution in [-0.2, 0) is 9.53 Å². The molecule has 2 N–H and O–H groups in total. The number of carbonyl (C=O) groups is 1. The summed E-state index contributed by atoms with van der Waals surface area (Å²) in [5.41, 5.74) is 7.03. The number of nitrogens with zero attached hydrogens (tertiary/aromatic N) is 1. The Morgan fingerprint density at radius 3 is 2.50 bits per heavy atom. The molecule has 0 heterocycles. The molecule has 118 valence electrons. The molecule has 22 heavy (non-hydrogen) atoms. The van der Waals surface area contributed by atoms with Crippen molar-refractivity contribution in [3.63, 3.8) is 0 Å². The SMILES string of the molecule is CCCCC(CCC)OC(=O)C(C#N)=Cc1ccc(N)cc1. The predicted octanol–water partition coefficient (Wildman–Crippen LogP) is 4.08. The van der Waals surface area contributed by atoms with Gasteiger partial charge in [-0.3, -0.25) is 0 Å². The number of benzene rings is 1. The van der Waals surface area contributed by atoms with Gasteiger partial charge in [0.15, 0.2) is 0 Å². The van der Waals surface area contributed by atoms with E-state index in [2.05, 4.69) is 13.8 Å². The number of nitriles is 1. The molecule has 1 unspecified atom stereocenters. The first-order chi connectivity index (χ1) is 10.6. The highest BCUT2D eigenvalue weighted by Gasteiger charge is 2.17. The van der Waals surface area contributed by atoms with Crippen LogP contribution in [0.2, 0.25) is 0 Å². The van der Waals surface area contributed by atoms with E-state index in [0.29, 0.717) is 5.69 Å². The van der Waals surface area contributed by atoms with Gasteiger partial charge in [0.25, 0.3) is 0 Å². The van der Waals surface area contributed by atoms with Crippen LogP contribution in [0.4, 0.5) is 5.69 Å². The summed E-state index contributed by atoms with van der Waals surface area (Å²) in [7, 11) is 0. The number of ether oxygens (including phenoxy) is 1. The molecule has 0 aliphatic rings. The van der Waals surface area contributed by atoms with Crippen LogP contribution in [0.25, 0.3) is 6.08 Å². The molecular weight excluding hydrogens is 276 g/mol. The summed E-state index contributed by atoms with van der Waals surface area (Å²) in [6.45, 7) is 4.16. The van der Waals surface area contributed by atoms with Gasteiger partial charge in [-0.2, -0.15) is 5.26 Å². The third-order valence-electron chi connectivity index (χ3n) is 3.35. The highest BCUT2D eigenvalue weighted by atomic mass is 16.5. The highest BCUT2D eigenvalue weighted by Crippen LogP contribution is 2.15. The molecule has 4 heteroatoms. The Bertz CT molecular complexity index is 541. The molecule has 1 rings (SSSR count). The predicted molar refractivity (Wildman–Crippen MR) is 88.8 cm³/mol. The maximum atomic E-state index is 12.2. The second kappa shape index (κ2) is 9.62. The van der Waals surface area contributed by atoms with Crippen LogP contribution in [0.5, 0.6) is 0 Å². The zero-order valence-corrected chi connectivity index (χ0v) is 13.3. The van der Waals surface area contributed by atoms with E-state index in [1.54, 1.807) is 24.3 Å². The number of esters is 1.